The first-order valence-corrected chi connectivity index (χ1v) is 5.19. The van der Waals surface area contributed by atoms with E-state index in [9.17, 15) is 19.8 Å². The minimum absolute atomic E-state index is 0.356. The molecule has 1 aliphatic heterocycles. The van der Waals surface area contributed by atoms with E-state index in [1.54, 1.807) is 0 Å². The summed E-state index contributed by atoms with van der Waals surface area (Å²) >= 11 is 0. The molecule has 1 saturated heterocycles. The van der Waals surface area contributed by atoms with E-state index in [0.717, 1.165) is 16.8 Å². The van der Waals surface area contributed by atoms with E-state index in [0.29, 0.717) is 4.68 Å². The first-order valence-electron chi connectivity index (χ1n) is 5.19. The van der Waals surface area contributed by atoms with Crippen molar-refractivity contribution in [2.75, 3.05) is 12.4 Å². The van der Waals surface area contributed by atoms with Crippen LogP contribution in [-0.4, -0.2) is 49.5 Å². The monoisotopic (exact) mass is 259 g/mol. The number of nitrogens with zero attached hydrogens (tertiary/aromatic N) is 2. The summed E-state index contributed by atoms with van der Waals surface area (Å²) < 4.78 is 6.37. The van der Waals surface area contributed by atoms with Gasteiger partial charge in [-0.2, -0.15) is 4.68 Å². The van der Waals surface area contributed by atoms with Gasteiger partial charge in [-0.1, -0.05) is 0 Å². The molecule has 0 saturated carbocycles. The maximum Gasteiger partial charge on any atom is 0.351 e. The molecule has 1 aromatic heterocycles. The SMILES string of the molecule is Nn1c(=O)ccn([C@@H]2O[C@H](CO)C(O)C2O)c1=O. The topological polar surface area (TPSA) is 140 Å². The van der Waals surface area contributed by atoms with Crippen molar-refractivity contribution >= 4 is 0 Å². The summed E-state index contributed by atoms with van der Waals surface area (Å²) in [6.07, 6.45) is -3.84. The van der Waals surface area contributed by atoms with Gasteiger partial charge in [0.25, 0.3) is 5.56 Å². The summed E-state index contributed by atoms with van der Waals surface area (Å²) in [7, 11) is 0. The smallest absolute Gasteiger partial charge is 0.351 e. The number of nitrogens with two attached hydrogens (primary N) is 1. The Bertz CT molecular complexity index is 552. The van der Waals surface area contributed by atoms with Gasteiger partial charge in [0.15, 0.2) is 6.23 Å². The maximum atomic E-state index is 11.7. The molecule has 9 heteroatoms. The minimum Gasteiger partial charge on any atom is -0.394 e. The Morgan fingerprint density at radius 1 is 1.33 bits per heavy atom. The lowest BCUT2D eigenvalue weighted by Crippen LogP contribution is -2.46. The molecule has 0 spiro atoms. The fraction of sp³-hybridized carbons (Fsp3) is 0.556. The highest BCUT2D eigenvalue weighted by Gasteiger charge is 2.43. The summed E-state index contributed by atoms with van der Waals surface area (Å²) in [6.45, 7) is -0.508. The molecular weight excluding hydrogens is 246 g/mol. The van der Waals surface area contributed by atoms with Gasteiger partial charge in [0.2, 0.25) is 0 Å². The Morgan fingerprint density at radius 2 is 2.00 bits per heavy atom. The van der Waals surface area contributed by atoms with Gasteiger partial charge in [-0.15, -0.1) is 0 Å². The van der Waals surface area contributed by atoms with Crippen molar-refractivity contribution in [3.8, 4) is 0 Å². The zero-order valence-electron chi connectivity index (χ0n) is 9.21. The molecule has 0 aliphatic carbocycles. The van der Waals surface area contributed by atoms with Crippen LogP contribution in [0.2, 0.25) is 0 Å². The number of aliphatic hydroxyl groups excluding tert-OH is 3. The van der Waals surface area contributed by atoms with E-state index in [-0.39, 0.29) is 0 Å². The van der Waals surface area contributed by atoms with Crippen LogP contribution >= 0.6 is 0 Å². The van der Waals surface area contributed by atoms with Crippen LogP contribution < -0.4 is 17.1 Å². The van der Waals surface area contributed by atoms with E-state index in [2.05, 4.69) is 0 Å². The molecule has 0 aromatic carbocycles. The van der Waals surface area contributed by atoms with Gasteiger partial charge in [-0.3, -0.25) is 9.36 Å². The minimum atomic E-state index is -1.41. The van der Waals surface area contributed by atoms with Gasteiger partial charge in [-0.05, 0) is 0 Å². The molecule has 9 nitrogen and oxygen atoms in total. The van der Waals surface area contributed by atoms with Crippen molar-refractivity contribution < 1.29 is 20.1 Å². The average Bonchev–Trinajstić information content (AvgIpc) is 2.64. The summed E-state index contributed by atoms with van der Waals surface area (Å²) in [5.74, 6) is 5.22. The normalized spacial score (nSPS) is 31.7. The van der Waals surface area contributed by atoms with Gasteiger partial charge in [0.1, 0.15) is 18.3 Å². The zero-order chi connectivity index (χ0) is 13.4. The second-order valence-electron chi connectivity index (χ2n) is 3.94. The van der Waals surface area contributed by atoms with Crippen LogP contribution in [0.3, 0.4) is 0 Å². The third-order valence-electron chi connectivity index (χ3n) is 2.83. The lowest BCUT2D eigenvalue weighted by molar-refractivity contribution is -0.0554. The first-order chi connectivity index (χ1) is 8.47. The quantitative estimate of drug-likeness (QED) is 0.401. The largest absolute Gasteiger partial charge is 0.394 e. The molecule has 1 aromatic rings. The van der Waals surface area contributed by atoms with Crippen LogP contribution in [-0.2, 0) is 4.74 Å². The molecule has 100 valence electrons. The Morgan fingerprint density at radius 3 is 2.56 bits per heavy atom. The summed E-state index contributed by atoms with van der Waals surface area (Å²) in [4.78, 5) is 22.8. The second kappa shape index (κ2) is 4.53. The molecule has 2 rings (SSSR count). The number of nitrogen functional groups attached to an aromatic ring is 1. The van der Waals surface area contributed by atoms with Crippen LogP contribution in [0, 0.1) is 0 Å². The van der Waals surface area contributed by atoms with Crippen LogP contribution in [0.25, 0.3) is 0 Å². The standard InChI is InChI=1S/C9H13N3O6/c10-12-5(14)1-2-11(9(12)17)8-7(16)6(15)4(3-13)18-8/h1-2,4,6-8,13,15-16H,3,10H2/t4-,6?,7?,8-/m1/s1. The predicted octanol–water partition coefficient (Wildman–Crippen LogP) is -3.66. The molecule has 0 bridgehead atoms. The number of hydrogen-bond acceptors (Lipinski definition) is 7. The van der Waals surface area contributed by atoms with Crippen molar-refractivity contribution in [1.29, 1.82) is 0 Å². The van der Waals surface area contributed by atoms with E-state index >= 15 is 0 Å². The number of rotatable bonds is 2. The third-order valence-corrected chi connectivity index (χ3v) is 2.83. The van der Waals surface area contributed by atoms with E-state index in [1.807, 2.05) is 0 Å². The van der Waals surface area contributed by atoms with Crippen LogP contribution in [0.15, 0.2) is 21.9 Å². The Balaban J connectivity index is 2.42. The highest BCUT2D eigenvalue weighted by Crippen LogP contribution is 2.27. The van der Waals surface area contributed by atoms with Gasteiger partial charge < -0.3 is 25.9 Å². The van der Waals surface area contributed by atoms with Gasteiger partial charge in [0, 0.05) is 12.3 Å². The fourth-order valence-electron chi connectivity index (χ4n) is 1.81. The van der Waals surface area contributed by atoms with Crippen molar-refractivity contribution in [3.05, 3.63) is 33.1 Å². The van der Waals surface area contributed by atoms with Crippen molar-refractivity contribution in [2.45, 2.75) is 24.5 Å². The van der Waals surface area contributed by atoms with Crippen molar-refractivity contribution in [1.82, 2.24) is 9.24 Å². The Kier molecular flexibility index (Phi) is 3.22. The van der Waals surface area contributed by atoms with E-state index < -0.39 is 42.4 Å². The lowest BCUT2D eigenvalue weighted by atomic mass is 10.1. The molecule has 4 atom stereocenters. The van der Waals surface area contributed by atoms with E-state index in [1.165, 1.54) is 0 Å². The number of aliphatic hydroxyl groups is 3. The molecule has 5 N–H and O–H groups in total. The van der Waals surface area contributed by atoms with Crippen molar-refractivity contribution in [3.63, 3.8) is 0 Å². The highest BCUT2D eigenvalue weighted by atomic mass is 16.6. The van der Waals surface area contributed by atoms with Gasteiger partial charge in [0.05, 0.1) is 6.61 Å². The summed E-state index contributed by atoms with van der Waals surface area (Å²) in [6, 6.07) is 1.02. The molecule has 0 radical (unpaired) electrons. The van der Waals surface area contributed by atoms with E-state index in [4.69, 9.17) is 15.7 Å². The number of ether oxygens (including phenoxy) is 1. The molecule has 2 unspecified atom stereocenters. The Labute approximate surface area is 100 Å². The zero-order valence-corrected chi connectivity index (χ0v) is 9.21. The summed E-state index contributed by atoms with van der Waals surface area (Å²) in [5, 5.41) is 28.2. The summed E-state index contributed by atoms with van der Waals surface area (Å²) in [5.41, 5.74) is -1.60. The van der Waals surface area contributed by atoms with Crippen LogP contribution in [0.4, 0.5) is 0 Å². The Hall–Kier alpha value is -1.68. The fourth-order valence-corrected chi connectivity index (χ4v) is 1.81. The lowest BCUT2D eigenvalue weighted by Gasteiger charge is -2.17. The molecular formula is C9H13N3O6. The molecule has 1 aliphatic rings. The van der Waals surface area contributed by atoms with Crippen LogP contribution in [0.1, 0.15) is 6.23 Å². The number of hydrogen-bond donors (Lipinski definition) is 4. The van der Waals surface area contributed by atoms with Crippen LogP contribution in [0.5, 0.6) is 0 Å². The molecule has 2 heterocycles. The average molecular weight is 259 g/mol. The predicted molar refractivity (Wildman–Crippen MR) is 58.1 cm³/mol. The third kappa shape index (κ3) is 1.82. The highest BCUT2D eigenvalue weighted by molar-refractivity contribution is 4.94. The van der Waals surface area contributed by atoms with Crippen molar-refractivity contribution in [2.24, 2.45) is 0 Å². The van der Waals surface area contributed by atoms with Gasteiger partial charge in [-0.25, -0.2) is 4.79 Å². The second-order valence-corrected chi connectivity index (χ2v) is 3.94. The molecule has 18 heavy (non-hydrogen) atoms. The molecule has 1 fully saturated rings. The van der Waals surface area contributed by atoms with Gasteiger partial charge >= 0.3 is 5.69 Å². The maximum absolute atomic E-state index is 11.7. The first kappa shape index (κ1) is 12.8. The molecule has 0 amide bonds. The number of aromatic nitrogens is 2.